The molecular formula is C22H17NO. The summed E-state index contributed by atoms with van der Waals surface area (Å²) in [5.41, 5.74) is 6.46. The van der Waals surface area contributed by atoms with Crippen LogP contribution in [0.25, 0.3) is 34.4 Å². The first-order valence-electron chi connectivity index (χ1n) is 7.99. The minimum Gasteiger partial charge on any atom is -0.437 e. The van der Waals surface area contributed by atoms with Gasteiger partial charge < -0.3 is 4.42 Å². The molecule has 3 aromatic carbocycles. The summed E-state index contributed by atoms with van der Waals surface area (Å²) in [7, 11) is 0. The molecule has 0 radical (unpaired) electrons. The van der Waals surface area contributed by atoms with E-state index in [9.17, 15) is 0 Å². The number of aromatic nitrogens is 1. The monoisotopic (exact) mass is 311 g/mol. The van der Waals surface area contributed by atoms with Crippen LogP contribution in [0.2, 0.25) is 0 Å². The van der Waals surface area contributed by atoms with Crippen molar-refractivity contribution < 1.29 is 4.42 Å². The predicted molar refractivity (Wildman–Crippen MR) is 99.6 cm³/mol. The van der Waals surface area contributed by atoms with Gasteiger partial charge in [-0.15, -0.1) is 0 Å². The Balaban J connectivity index is 1.56. The average molecular weight is 311 g/mol. The number of hydrogen-bond donors (Lipinski definition) is 0. The molecule has 4 rings (SSSR count). The third-order valence-electron chi connectivity index (χ3n) is 4.00. The fourth-order valence-electron chi connectivity index (χ4n) is 2.71. The van der Waals surface area contributed by atoms with E-state index in [4.69, 9.17) is 4.42 Å². The standard InChI is InChI=1S/C22H17NO/c1-16-7-13-21-20(15-16)23-22(24-21)14-10-17-8-11-19(12-9-17)18-5-3-2-4-6-18/h2-15H,1H3/b14-10-. The molecule has 4 aromatic rings. The molecule has 0 unspecified atom stereocenters. The molecular weight excluding hydrogens is 294 g/mol. The Morgan fingerprint density at radius 3 is 2.33 bits per heavy atom. The Labute approximate surface area is 141 Å². The van der Waals surface area contributed by atoms with Gasteiger partial charge in [0.25, 0.3) is 0 Å². The van der Waals surface area contributed by atoms with E-state index in [1.54, 1.807) is 0 Å². The second kappa shape index (κ2) is 6.17. The van der Waals surface area contributed by atoms with E-state index < -0.39 is 0 Å². The number of oxazole rings is 1. The van der Waals surface area contributed by atoms with Crippen molar-refractivity contribution >= 4 is 23.3 Å². The molecule has 0 saturated heterocycles. The fourth-order valence-corrected chi connectivity index (χ4v) is 2.71. The van der Waals surface area contributed by atoms with E-state index in [-0.39, 0.29) is 0 Å². The molecule has 116 valence electrons. The molecule has 0 saturated carbocycles. The van der Waals surface area contributed by atoms with Crippen LogP contribution in [-0.4, -0.2) is 4.98 Å². The summed E-state index contributed by atoms with van der Waals surface area (Å²) in [5.74, 6) is 0.628. The number of fused-ring (bicyclic) bond motifs is 1. The van der Waals surface area contributed by atoms with Crippen LogP contribution in [0.3, 0.4) is 0 Å². The maximum atomic E-state index is 5.74. The summed E-state index contributed by atoms with van der Waals surface area (Å²) in [6.07, 6.45) is 3.93. The largest absolute Gasteiger partial charge is 0.437 e. The predicted octanol–water partition coefficient (Wildman–Crippen LogP) is 5.97. The molecule has 0 spiro atoms. The van der Waals surface area contributed by atoms with E-state index in [1.165, 1.54) is 16.7 Å². The number of nitrogens with zero attached hydrogens (tertiary/aromatic N) is 1. The highest BCUT2D eigenvalue weighted by Crippen LogP contribution is 2.21. The quantitative estimate of drug-likeness (QED) is 0.465. The lowest BCUT2D eigenvalue weighted by atomic mass is 10.0. The van der Waals surface area contributed by atoms with Crippen LogP contribution in [0.4, 0.5) is 0 Å². The molecule has 2 heteroatoms. The third-order valence-corrected chi connectivity index (χ3v) is 4.00. The minimum atomic E-state index is 0.628. The molecule has 0 aliphatic heterocycles. The van der Waals surface area contributed by atoms with Crippen molar-refractivity contribution in [2.75, 3.05) is 0 Å². The second-order valence-corrected chi connectivity index (χ2v) is 5.84. The second-order valence-electron chi connectivity index (χ2n) is 5.84. The van der Waals surface area contributed by atoms with E-state index in [2.05, 4.69) is 60.4 Å². The lowest BCUT2D eigenvalue weighted by molar-refractivity contribution is 0.589. The summed E-state index contributed by atoms with van der Waals surface area (Å²) in [5, 5.41) is 0. The van der Waals surface area contributed by atoms with E-state index in [0.29, 0.717) is 5.89 Å². The Morgan fingerprint density at radius 2 is 1.54 bits per heavy atom. The van der Waals surface area contributed by atoms with Crippen LogP contribution in [0, 0.1) is 6.92 Å². The molecule has 0 amide bonds. The summed E-state index contributed by atoms with van der Waals surface area (Å²) < 4.78 is 5.74. The van der Waals surface area contributed by atoms with Gasteiger partial charge in [0.15, 0.2) is 5.58 Å². The van der Waals surface area contributed by atoms with Crippen LogP contribution in [-0.2, 0) is 0 Å². The Morgan fingerprint density at radius 1 is 0.792 bits per heavy atom. The van der Waals surface area contributed by atoms with Gasteiger partial charge in [0.2, 0.25) is 5.89 Å². The molecule has 0 atom stereocenters. The van der Waals surface area contributed by atoms with Crippen molar-refractivity contribution in [3.8, 4) is 11.1 Å². The SMILES string of the molecule is Cc1ccc2oc(/C=C\c3ccc(-c4ccccc4)cc3)nc2c1. The number of hydrogen-bond acceptors (Lipinski definition) is 2. The van der Waals surface area contributed by atoms with Crippen molar-refractivity contribution in [2.24, 2.45) is 0 Å². The van der Waals surface area contributed by atoms with Crippen molar-refractivity contribution in [1.29, 1.82) is 0 Å². The van der Waals surface area contributed by atoms with E-state index in [1.807, 2.05) is 36.4 Å². The lowest BCUT2D eigenvalue weighted by Crippen LogP contribution is -1.78. The topological polar surface area (TPSA) is 26.0 Å². The molecule has 2 nitrogen and oxygen atoms in total. The Bertz CT molecular complexity index is 995. The van der Waals surface area contributed by atoms with Crippen LogP contribution in [0.1, 0.15) is 17.0 Å². The van der Waals surface area contributed by atoms with Crippen LogP contribution >= 0.6 is 0 Å². The minimum absolute atomic E-state index is 0.628. The van der Waals surface area contributed by atoms with Crippen molar-refractivity contribution in [3.05, 3.63) is 89.8 Å². The van der Waals surface area contributed by atoms with Crippen LogP contribution in [0.15, 0.2) is 77.2 Å². The zero-order chi connectivity index (χ0) is 16.4. The van der Waals surface area contributed by atoms with Gasteiger partial charge in [-0.2, -0.15) is 0 Å². The fraction of sp³-hybridized carbons (Fsp3) is 0.0455. The Hall–Kier alpha value is -3.13. The molecule has 1 aromatic heterocycles. The maximum Gasteiger partial charge on any atom is 0.220 e. The molecule has 0 N–H and O–H groups in total. The molecule has 1 heterocycles. The van der Waals surface area contributed by atoms with Gasteiger partial charge in [-0.05, 0) is 47.4 Å². The first-order chi connectivity index (χ1) is 11.8. The average Bonchev–Trinajstić information content (AvgIpc) is 3.03. The summed E-state index contributed by atoms with van der Waals surface area (Å²) in [6.45, 7) is 2.05. The molecule has 0 bridgehead atoms. The van der Waals surface area contributed by atoms with E-state index in [0.717, 1.165) is 16.7 Å². The van der Waals surface area contributed by atoms with Crippen molar-refractivity contribution in [1.82, 2.24) is 4.98 Å². The number of benzene rings is 3. The van der Waals surface area contributed by atoms with Gasteiger partial charge in [0.1, 0.15) is 5.52 Å². The van der Waals surface area contributed by atoms with Gasteiger partial charge in [-0.1, -0.05) is 60.7 Å². The molecule has 0 fully saturated rings. The van der Waals surface area contributed by atoms with Crippen LogP contribution < -0.4 is 0 Å². The smallest absolute Gasteiger partial charge is 0.220 e. The summed E-state index contributed by atoms with van der Waals surface area (Å²) in [6, 6.07) is 24.9. The van der Waals surface area contributed by atoms with E-state index >= 15 is 0 Å². The highest BCUT2D eigenvalue weighted by molar-refractivity contribution is 5.77. The zero-order valence-electron chi connectivity index (χ0n) is 13.4. The molecule has 0 aliphatic carbocycles. The van der Waals surface area contributed by atoms with Gasteiger partial charge in [-0.3, -0.25) is 0 Å². The zero-order valence-corrected chi connectivity index (χ0v) is 13.4. The number of rotatable bonds is 3. The maximum absolute atomic E-state index is 5.74. The first-order valence-corrected chi connectivity index (χ1v) is 7.99. The van der Waals surface area contributed by atoms with Gasteiger partial charge in [0.05, 0.1) is 0 Å². The summed E-state index contributed by atoms with van der Waals surface area (Å²) in [4.78, 5) is 4.50. The molecule has 24 heavy (non-hydrogen) atoms. The van der Waals surface area contributed by atoms with Crippen LogP contribution in [0.5, 0.6) is 0 Å². The summed E-state index contributed by atoms with van der Waals surface area (Å²) >= 11 is 0. The van der Waals surface area contributed by atoms with Gasteiger partial charge in [-0.25, -0.2) is 4.98 Å². The molecule has 0 aliphatic rings. The highest BCUT2D eigenvalue weighted by Gasteiger charge is 2.02. The van der Waals surface area contributed by atoms with Gasteiger partial charge in [0, 0.05) is 6.08 Å². The van der Waals surface area contributed by atoms with Crippen molar-refractivity contribution in [2.45, 2.75) is 6.92 Å². The lowest BCUT2D eigenvalue weighted by Gasteiger charge is -2.01. The van der Waals surface area contributed by atoms with Gasteiger partial charge >= 0.3 is 0 Å². The first kappa shape index (κ1) is 14.5. The van der Waals surface area contributed by atoms with Crippen molar-refractivity contribution in [3.63, 3.8) is 0 Å². The third kappa shape index (κ3) is 2.99. The number of aryl methyl sites for hydroxylation is 1. The highest BCUT2D eigenvalue weighted by atomic mass is 16.3. The normalized spacial score (nSPS) is 11.4. The Kier molecular flexibility index (Phi) is 3.72.